The Morgan fingerprint density at radius 3 is 3.26 bits per heavy atom. The number of hydrogen-bond acceptors (Lipinski definition) is 5. The first-order valence-electron chi connectivity index (χ1n) is 6.91. The van der Waals surface area contributed by atoms with Crippen molar-refractivity contribution in [3.05, 3.63) is 11.1 Å². The van der Waals surface area contributed by atoms with Crippen LogP contribution >= 0.6 is 11.3 Å². The maximum absolute atomic E-state index is 11.6. The Bertz CT molecular complexity index is 421. The van der Waals surface area contributed by atoms with E-state index in [9.17, 15) is 4.79 Å². The van der Waals surface area contributed by atoms with E-state index in [1.165, 1.54) is 4.88 Å². The van der Waals surface area contributed by atoms with E-state index in [0.717, 1.165) is 37.6 Å². The van der Waals surface area contributed by atoms with Gasteiger partial charge in [0.25, 0.3) is 0 Å². The van der Waals surface area contributed by atoms with Gasteiger partial charge in [-0.2, -0.15) is 0 Å². The Labute approximate surface area is 118 Å². The topological polar surface area (TPSA) is 57.3 Å². The molecule has 1 aromatic rings. The van der Waals surface area contributed by atoms with Gasteiger partial charge in [0, 0.05) is 30.2 Å². The third-order valence-corrected chi connectivity index (χ3v) is 4.41. The SMILES string of the molecule is CCCNC(C)c1cnc(N2CCCNC(=O)C2)s1. The van der Waals surface area contributed by atoms with Crippen molar-refractivity contribution >= 4 is 22.4 Å². The second-order valence-corrected chi connectivity index (χ2v) is 5.89. The molecule has 2 heterocycles. The number of carbonyl (C=O) groups excluding carboxylic acids is 1. The second kappa shape index (κ2) is 6.86. The maximum Gasteiger partial charge on any atom is 0.239 e. The van der Waals surface area contributed by atoms with E-state index >= 15 is 0 Å². The van der Waals surface area contributed by atoms with Gasteiger partial charge in [0.1, 0.15) is 0 Å². The molecule has 1 amide bonds. The van der Waals surface area contributed by atoms with Gasteiger partial charge in [0.05, 0.1) is 6.54 Å². The summed E-state index contributed by atoms with van der Waals surface area (Å²) in [5, 5.41) is 7.30. The summed E-state index contributed by atoms with van der Waals surface area (Å²) in [6.45, 7) is 7.41. The van der Waals surface area contributed by atoms with Crippen LogP contribution in [-0.2, 0) is 4.79 Å². The van der Waals surface area contributed by atoms with Crippen molar-refractivity contribution in [1.82, 2.24) is 15.6 Å². The number of anilines is 1. The lowest BCUT2D eigenvalue weighted by Crippen LogP contribution is -2.32. The van der Waals surface area contributed by atoms with Crippen LogP contribution in [0.2, 0.25) is 0 Å². The normalized spacial score (nSPS) is 18.0. The zero-order chi connectivity index (χ0) is 13.7. The molecule has 1 fully saturated rings. The summed E-state index contributed by atoms with van der Waals surface area (Å²) in [5.74, 6) is 0.0893. The second-order valence-electron chi connectivity index (χ2n) is 4.85. The fourth-order valence-corrected chi connectivity index (χ4v) is 3.02. The number of thiazole rings is 1. The van der Waals surface area contributed by atoms with Gasteiger partial charge in [-0.15, -0.1) is 11.3 Å². The third-order valence-electron chi connectivity index (χ3n) is 3.17. The molecule has 0 aliphatic carbocycles. The molecule has 1 aromatic heterocycles. The molecule has 1 saturated heterocycles. The molecule has 1 aliphatic heterocycles. The van der Waals surface area contributed by atoms with Crippen LogP contribution in [-0.4, -0.2) is 37.1 Å². The zero-order valence-corrected chi connectivity index (χ0v) is 12.4. The summed E-state index contributed by atoms with van der Waals surface area (Å²) in [6.07, 6.45) is 4.03. The first kappa shape index (κ1) is 14.3. The summed E-state index contributed by atoms with van der Waals surface area (Å²) >= 11 is 1.68. The molecular formula is C13H22N4OS. The number of nitrogens with one attached hydrogen (secondary N) is 2. The zero-order valence-electron chi connectivity index (χ0n) is 11.6. The van der Waals surface area contributed by atoms with Crippen LogP contribution < -0.4 is 15.5 Å². The van der Waals surface area contributed by atoms with Crippen LogP contribution in [0.1, 0.15) is 37.6 Å². The van der Waals surface area contributed by atoms with Gasteiger partial charge < -0.3 is 15.5 Å². The smallest absolute Gasteiger partial charge is 0.239 e. The molecule has 0 aromatic carbocycles. The highest BCUT2D eigenvalue weighted by Gasteiger charge is 2.18. The van der Waals surface area contributed by atoms with Gasteiger partial charge in [-0.05, 0) is 26.3 Å². The van der Waals surface area contributed by atoms with Crippen molar-refractivity contribution in [3.8, 4) is 0 Å². The molecule has 0 radical (unpaired) electrons. The van der Waals surface area contributed by atoms with Crippen LogP contribution in [0.4, 0.5) is 5.13 Å². The molecule has 0 bridgehead atoms. The third kappa shape index (κ3) is 3.91. The molecule has 106 valence electrons. The van der Waals surface area contributed by atoms with Crippen molar-refractivity contribution in [3.63, 3.8) is 0 Å². The molecule has 2 rings (SSSR count). The minimum atomic E-state index is 0.0893. The standard InChI is InChI=1S/C13H22N4OS/c1-3-5-14-10(2)11-8-16-13(19-11)17-7-4-6-15-12(18)9-17/h8,10,14H,3-7,9H2,1-2H3,(H,15,18). The number of carbonyl (C=O) groups is 1. The van der Waals surface area contributed by atoms with Gasteiger partial charge in [-0.3, -0.25) is 4.79 Å². The van der Waals surface area contributed by atoms with E-state index in [2.05, 4.69) is 34.4 Å². The predicted molar refractivity (Wildman–Crippen MR) is 78.7 cm³/mol. The van der Waals surface area contributed by atoms with Crippen molar-refractivity contribution < 1.29 is 4.79 Å². The molecule has 1 unspecified atom stereocenters. The minimum absolute atomic E-state index is 0.0893. The van der Waals surface area contributed by atoms with E-state index in [0.29, 0.717) is 12.6 Å². The van der Waals surface area contributed by atoms with Gasteiger partial charge in [-0.1, -0.05) is 6.92 Å². The van der Waals surface area contributed by atoms with E-state index < -0.39 is 0 Å². The average molecular weight is 282 g/mol. The highest BCUT2D eigenvalue weighted by molar-refractivity contribution is 7.15. The summed E-state index contributed by atoms with van der Waals surface area (Å²) in [4.78, 5) is 19.3. The molecule has 5 nitrogen and oxygen atoms in total. The van der Waals surface area contributed by atoms with E-state index in [4.69, 9.17) is 0 Å². The van der Waals surface area contributed by atoms with Crippen molar-refractivity contribution in [1.29, 1.82) is 0 Å². The minimum Gasteiger partial charge on any atom is -0.354 e. The first-order chi connectivity index (χ1) is 9.20. The lowest BCUT2D eigenvalue weighted by atomic mass is 10.3. The molecule has 1 aliphatic rings. The lowest BCUT2D eigenvalue weighted by molar-refractivity contribution is -0.119. The largest absolute Gasteiger partial charge is 0.354 e. The number of rotatable bonds is 5. The van der Waals surface area contributed by atoms with Gasteiger partial charge >= 0.3 is 0 Å². The number of amides is 1. The Balaban J connectivity index is 2.01. The summed E-state index contributed by atoms with van der Waals surface area (Å²) in [5.41, 5.74) is 0. The molecule has 6 heteroatoms. The highest BCUT2D eigenvalue weighted by Crippen LogP contribution is 2.27. The molecule has 0 spiro atoms. The molecule has 0 saturated carbocycles. The van der Waals surface area contributed by atoms with Crippen LogP contribution in [0, 0.1) is 0 Å². The average Bonchev–Trinajstić information content (AvgIpc) is 2.80. The van der Waals surface area contributed by atoms with Crippen molar-refractivity contribution in [2.45, 2.75) is 32.7 Å². The van der Waals surface area contributed by atoms with Crippen molar-refractivity contribution in [2.24, 2.45) is 0 Å². The van der Waals surface area contributed by atoms with Crippen LogP contribution in [0.5, 0.6) is 0 Å². The number of nitrogens with zero attached hydrogens (tertiary/aromatic N) is 2. The van der Waals surface area contributed by atoms with E-state index in [1.54, 1.807) is 11.3 Å². The molecule has 2 N–H and O–H groups in total. The summed E-state index contributed by atoms with van der Waals surface area (Å²) in [6, 6.07) is 0.326. The van der Waals surface area contributed by atoms with Crippen LogP contribution in [0.25, 0.3) is 0 Å². The number of hydrogen-bond donors (Lipinski definition) is 2. The quantitative estimate of drug-likeness (QED) is 0.860. The first-order valence-corrected chi connectivity index (χ1v) is 7.73. The van der Waals surface area contributed by atoms with Gasteiger partial charge in [0.15, 0.2) is 5.13 Å². The Hall–Kier alpha value is -1.14. The maximum atomic E-state index is 11.6. The lowest BCUT2D eigenvalue weighted by Gasteiger charge is -2.17. The Morgan fingerprint density at radius 2 is 2.47 bits per heavy atom. The van der Waals surface area contributed by atoms with Gasteiger partial charge in [0.2, 0.25) is 5.91 Å². The van der Waals surface area contributed by atoms with Crippen molar-refractivity contribution in [2.75, 3.05) is 31.1 Å². The van der Waals surface area contributed by atoms with Gasteiger partial charge in [-0.25, -0.2) is 4.98 Å². The molecular weight excluding hydrogens is 260 g/mol. The Kier molecular flexibility index (Phi) is 5.15. The van der Waals surface area contributed by atoms with E-state index in [1.807, 2.05) is 6.20 Å². The van der Waals surface area contributed by atoms with E-state index in [-0.39, 0.29) is 5.91 Å². The van der Waals surface area contributed by atoms with Crippen LogP contribution in [0.3, 0.4) is 0 Å². The summed E-state index contributed by atoms with van der Waals surface area (Å²) < 4.78 is 0. The molecule has 1 atom stereocenters. The van der Waals surface area contributed by atoms with Crippen LogP contribution in [0.15, 0.2) is 6.20 Å². The number of aromatic nitrogens is 1. The fraction of sp³-hybridized carbons (Fsp3) is 0.692. The molecule has 19 heavy (non-hydrogen) atoms. The summed E-state index contributed by atoms with van der Waals surface area (Å²) in [7, 11) is 0. The predicted octanol–water partition coefficient (Wildman–Crippen LogP) is 1.53. The highest BCUT2D eigenvalue weighted by atomic mass is 32.1. The fourth-order valence-electron chi connectivity index (χ4n) is 2.05. The monoisotopic (exact) mass is 282 g/mol. The Morgan fingerprint density at radius 1 is 1.63 bits per heavy atom.